The van der Waals surface area contributed by atoms with Crippen LogP contribution in [0, 0.1) is 19.8 Å². The van der Waals surface area contributed by atoms with Gasteiger partial charge < -0.3 is 10.1 Å². The summed E-state index contributed by atoms with van der Waals surface area (Å²) < 4.78 is 5.06. The summed E-state index contributed by atoms with van der Waals surface area (Å²) in [6.45, 7) is 3.33. The molecule has 0 aromatic heterocycles. The summed E-state index contributed by atoms with van der Waals surface area (Å²) in [6, 6.07) is 11.8. The van der Waals surface area contributed by atoms with Gasteiger partial charge in [0.1, 0.15) is 0 Å². The van der Waals surface area contributed by atoms with E-state index in [1.807, 2.05) is 32.0 Å². The maximum Gasteiger partial charge on any atom is 0.311 e. The third-order valence-corrected chi connectivity index (χ3v) is 4.90. The number of ether oxygens (including phenoxy) is 1. The van der Waals surface area contributed by atoms with Crippen LogP contribution in [-0.4, -0.2) is 41.9 Å². The zero-order chi connectivity index (χ0) is 22.5. The van der Waals surface area contributed by atoms with E-state index in [9.17, 15) is 19.2 Å². The van der Waals surface area contributed by atoms with Crippen molar-refractivity contribution in [3.63, 3.8) is 0 Å². The van der Waals surface area contributed by atoms with Gasteiger partial charge in [-0.2, -0.15) is 0 Å². The van der Waals surface area contributed by atoms with Crippen molar-refractivity contribution in [3.05, 3.63) is 64.2 Å². The number of esters is 1. The smallest absolute Gasteiger partial charge is 0.311 e. The first-order valence-corrected chi connectivity index (χ1v) is 10.0. The molecule has 1 aliphatic rings. The number of rotatable bonds is 6. The molecule has 31 heavy (non-hydrogen) atoms. The normalized spacial score (nSPS) is 15.5. The Kier molecular flexibility index (Phi) is 6.91. The van der Waals surface area contributed by atoms with E-state index in [1.165, 1.54) is 12.1 Å². The standard InChI is InChI=1S/C22H22ClN3O5/c1-13-7-14(2)9-18(8-13)24-19(27)12-31-22(30)16-10-20(28)26(11-16)25-21(29)15-3-5-17(23)6-4-15/h3-9,16H,10-12H2,1-2H3,(H,24,27)(H,25,29)/t16-/m0/s1. The lowest BCUT2D eigenvalue weighted by atomic mass is 10.1. The monoisotopic (exact) mass is 443 g/mol. The van der Waals surface area contributed by atoms with Crippen LogP contribution in [0.15, 0.2) is 42.5 Å². The van der Waals surface area contributed by atoms with Gasteiger partial charge in [0.2, 0.25) is 5.91 Å². The molecule has 0 bridgehead atoms. The van der Waals surface area contributed by atoms with Crippen LogP contribution in [0.3, 0.4) is 0 Å². The van der Waals surface area contributed by atoms with Crippen LogP contribution in [0.25, 0.3) is 0 Å². The van der Waals surface area contributed by atoms with E-state index in [4.69, 9.17) is 16.3 Å². The molecule has 1 aliphatic heterocycles. The van der Waals surface area contributed by atoms with Gasteiger partial charge in [-0.1, -0.05) is 17.7 Å². The maximum atomic E-state index is 12.3. The summed E-state index contributed by atoms with van der Waals surface area (Å²) in [6.07, 6.45) is -0.113. The van der Waals surface area contributed by atoms with Crippen molar-refractivity contribution in [2.24, 2.45) is 5.92 Å². The predicted octanol–water partition coefficient (Wildman–Crippen LogP) is 2.63. The number of amides is 3. The molecular weight excluding hydrogens is 422 g/mol. The van der Waals surface area contributed by atoms with Gasteiger partial charge in [-0.05, 0) is 61.4 Å². The van der Waals surface area contributed by atoms with Gasteiger partial charge in [-0.25, -0.2) is 0 Å². The molecule has 0 aliphatic carbocycles. The fourth-order valence-electron chi connectivity index (χ4n) is 3.26. The number of nitrogens with zero attached hydrogens (tertiary/aromatic N) is 1. The SMILES string of the molecule is Cc1cc(C)cc(NC(=O)COC(=O)[C@H]2CC(=O)N(NC(=O)c3ccc(Cl)cc3)C2)c1. The molecule has 1 atom stereocenters. The molecule has 0 radical (unpaired) electrons. The van der Waals surface area contributed by atoms with Gasteiger partial charge in [-0.3, -0.25) is 29.6 Å². The number of carbonyl (C=O) groups excluding carboxylic acids is 4. The Bertz CT molecular complexity index is 1000. The first-order chi connectivity index (χ1) is 14.7. The zero-order valence-electron chi connectivity index (χ0n) is 17.1. The minimum Gasteiger partial charge on any atom is -0.455 e. The Morgan fingerprint density at radius 2 is 1.74 bits per heavy atom. The Morgan fingerprint density at radius 3 is 2.39 bits per heavy atom. The van der Waals surface area contributed by atoms with Crippen LogP contribution in [0.5, 0.6) is 0 Å². The minimum absolute atomic E-state index is 0.0321. The van der Waals surface area contributed by atoms with Crippen molar-refractivity contribution in [3.8, 4) is 0 Å². The van der Waals surface area contributed by atoms with E-state index in [-0.39, 0.29) is 13.0 Å². The van der Waals surface area contributed by atoms with Crippen LogP contribution in [0.1, 0.15) is 27.9 Å². The highest BCUT2D eigenvalue weighted by Crippen LogP contribution is 2.19. The largest absolute Gasteiger partial charge is 0.455 e. The summed E-state index contributed by atoms with van der Waals surface area (Å²) in [5.74, 6) is -2.83. The number of halogens is 1. The summed E-state index contributed by atoms with van der Waals surface area (Å²) in [5, 5.41) is 4.24. The quantitative estimate of drug-likeness (QED) is 0.668. The first kappa shape index (κ1) is 22.3. The average molecular weight is 444 g/mol. The lowest BCUT2D eigenvalue weighted by molar-refractivity contribution is -0.151. The predicted molar refractivity (Wildman–Crippen MR) is 114 cm³/mol. The fourth-order valence-corrected chi connectivity index (χ4v) is 3.39. The van der Waals surface area contributed by atoms with Crippen LogP contribution >= 0.6 is 11.6 Å². The van der Waals surface area contributed by atoms with Crippen molar-refractivity contribution >= 4 is 41.0 Å². The topological polar surface area (TPSA) is 105 Å². The molecule has 0 unspecified atom stereocenters. The lowest BCUT2D eigenvalue weighted by Gasteiger charge is -2.17. The minimum atomic E-state index is -0.771. The summed E-state index contributed by atoms with van der Waals surface area (Å²) >= 11 is 5.80. The number of hydrogen-bond donors (Lipinski definition) is 2. The van der Waals surface area contributed by atoms with Gasteiger partial charge in [0.05, 0.1) is 12.5 Å². The number of hydrazine groups is 1. The van der Waals surface area contributed by atoms with Gasteiger partial charge in [0.15, 0.2) is 6.61 Å². The molecule has 162 valence electrons. The van der Waals surface area contributed by atoms with Crippen molar-refractivity contribution in [1.82, 2.24) is 10.4 Å². The van der Waals surface area contributed by atoms with Gasteiger partial charge in [0.25, 0.3) is 11.8 Å². The van der Waals surface area contributed by atoms with Crippen molar-refractivity contribution in [2.75, 3.05) is 18.5 Å². The molecule has 8 nitrogen and oxygen atoms in total. The maximum absolute atomic E-state index is 12.3. The summed E-state index contributed by atoms with van der Waals surface area (Å²) in [5.41, 5.74) is 5.41. The second-order valence-corrected chi connectivity index (χ2v) is 7.82. The van der Waals surface area contributed by atoms with E-state index in [0.29, 0.717) is 16.3 Å². The number of aryl methyl sites for hydroxylation is 2. The zero-order valence-corrected chi connectivity index (χ0v) is 17.9. The molecular formula is C22H22ClN3O5. The van der Waals surface area contributed by atoms with Crippen LogP contribution in [0.4, 0.5) is 5.69 Å². The molecule has 3 amide bonds. The molecule has 1 saturated heterocycles. The highest BCUT2D eigenvalue weighted by molar-refractivity contribution is 6.30. The van der Waals surface area contributed by atoms with E-state index in [2.05, 4.69) is 10.7 Å². The van der Waals surface area contributed by atoms with E-state index in [1.54, 1.807) is 12.1 Å². The third kappa shape index (κ3) is 6.05. The Morgan fingerprint density at radius 1 is 1.10 bits per heavy atom. The third-order valence-electron chi connectivity index (χ3n) is 4.65. The van der Waals surface area contributed by atoms with Gasteiger partial charge in [0, 0.05) is 22.7 Å². The highest BCUT2D eigenvalue weighted by atomic mass is 35.5. The number of hydrogen-bond acceptors (Lipinski definition) is 5. The molecule has 3 rings (SSSR count). The summed E-state index contributed by atoms with van der Waals surface area (Å²) in [7, 11) is 0. The molecule has 2 N–H and O–H groups in total. The van der Waals surface area contributed by atoms with Crippen LogP contribution in [0.2, 0.25) is 5.02 Å². The fraction of sp³-hybridized carbons (Fsp3) is 0.273. The Hall–Kier alpha value is -3.39. The molecule has 0 saturated carbocycles. The van der Waals surface area contributed by atoms with Gasteiger partial charge in [-0.15, -0.1) is 0 Å². The van der Waals surface area contributed by atoms with Crippen LogP contribution in [-0.2, 0) is 19.1 Å². The first-order valence-electron chi connectivity index (χ1n) is 9.63. The molecule has 1 fully saturated rings. The number of anilines is 1. The number of carbonyl (C=O) groups is 4. The number of nitrogens with one attached hydrogen (secondary N) is 2. The summed E-state index contributed by atoms with van der Waals surface area (Å²) in [4.78, 5) is 48.8. The van der Waals surface area contributed by atoms with Gasteiger partial charge >= 0.3 is 5.97 Å². The van der Waals surface area contributed by atoms with E-state index >= 15 is 0 Å². The molecule has 9 heteroatoms. The van der Waals surface area contributed by atoms with E-state index < -0.39 is 36.2 Å². The van der Waals surface area contributed by atoms with E-state index in [0.717, 1.165) is 16.1 Å². The second-order valence-electron chi connectivity index (χ2n) is 7.39. The lowest BCUT2D eigenvalue weighted by Crippen LogP contribution is -2.43. The van der Waals surface area contributed by atoms with Crippen LogP contribution < -0.4 is 10.7 Å². The average Bonchev–Trinajstić information content (AvgIpc) is 3.06. The van der Waals surface area contributed by atoms with Crippen molar-refractivity contribution in [1.29, 1.82) is 0 Å². The second kappa shape index (κ2) is 9.61. The molecule has 0 spiro atoms. The molecule has 2 aromatic carbocycles. The van der Waals surface area contributed by atoms with Crippen molar-refractivity contribution < 1.29 is 23.9 Å². The Labute approximate surface area is 184 Å². The highest BCUT2D eigenvalue weighted by Gasteiger charge is 2.36. The van der Waals surface area contributed by atoms with Crippen molar-refractivity contribution in [2.45, 2.75) is 20.3 Å². The number of benzene rings is 2. The Balaban J connectivity index is 1.48. The molecule has 2 aromatic rings. The molecule has 1 heterocycles.